The Morgan fingerprint density at radius 2 is 1.94 bits per heavy atom. The lowest BCUT2D eigenvalue weighted by atomic mass is 10.0. The van der Waals surface area contributed by atoms with Crippen LogP contribution < -0.4 is 15.7 Å². The number of fused-ring (bicyclic) bond motifs is 1. The third kappa shape index (κ3) is 4.10. The Balaban J connectivity index is 1.83. The highest BCUT2D eigenvalue weighted by molar-refractivity contribution is 7.19. The Morgan fingerprint density at radius 1 is 1.19 bits per heavy atom. The maximum atomic E-state index is 13.6. The van der Waals surface area contributed by atoms with Gasteiger partial charge in [0.15, 0.2) is 5.75 Å². The van der Waals surface area contributed by atoms with Gasteiger partial charge >= 0.3 is 0 Å². The largest absolute Gasteiger partial charge is 0.488 e. The molecule has 1 N–H and O–H groups in total. The maximum Gasteiger partial charge on any atom is 0.263 e. The summed E-state index contributed by atoms with van der Waals surface area (Å²) in [6, 6.07) is 7.58. The zero-order valence-electron chi connectivity index (χ0n) is 18.2. The number of aryl methyl sites for hydroxylation is 2. The van der Waals surface area contributed by atoms with Crippen LogP contribution in [-0.4, -0.2) is 21.1 Å². The molecule has 0 spiro atoms. The number of rotatable bonds is 7. The van der Waals surface area contributed by atoms with Gasteiger partial charge in [0.05, 0.1) is 18.5 Å². The van der Waals surface area contributed by atoms with E-state index in [0.29, 0.717) is 34.8 Å². The van der Waals surface area contributed by atoms with Gasteiger partial charge in [-0.15, -0.1) is 11.3 Å². The number of thiophene rings is 1. The molecule has 0 amide bonds. The number of aromatic amines is 1. The number of hydrogen-bond donors (Lipinski definition) is 1. The van der Waals surface area contributed by atoms with E-state index in [1.54, 1.807) is 16.7 Å². The minimum atomic E-state index is -0.329. The van der Waals surface area contributed by atoms with E-state index in [2.05, 4.69) is 4.98 Å². The van der Waals surface area contributed by atoms with Gasteiger partial charge in [-0.05, 0) is 31.0 Å². The van der Waals surface area contributed by atoms with Crippen molar-refractivity contribution in [3.8, 4) is 16.9 Å². The molecule has 0 saturated heterocycles. The summed E-state index contributed by atoms with van der Waals surface area (Å²) in [6.45, 7) is 6.50. The van der Waals surface area contributed by atoms with Crippen LogP contribution in [0.4, 0.5) is 4.39 Å². The number of H-pyrrole nitrogens is 1. The first-order valence-corrected chi connectivity index (χ1v) is 11.4. The molecule has 0 atom stereocenters. The van der Waals surface area contributed by atoms with Crippen molar-refractivity contribution in [1.82, 2.24) is 14.5 Å². The summed E-state index contributed by atoms with van der Waals surface area (Å²) >= 11 is 1.46. The SMILES string of the molecule is CCCOc1c[nH]c(Cn2c(CC)nc3sc(C)c(-c4ccc(F)cc4)c3c2=O)cc1=O. The highest BCUT2D eigenvalue weighted by Gasteiger charge is 2.20. The van der Waals surface area contributed by atoms with Crippen molar-refractivity contribution >= 4 is 21.6 Å². The van der Waals surface area contributed by atoms with Crippen LogP contribution in [0.15, 0.2) is 46.1 Å². The second-order valence-corrected chi connectivity index (χ2v) is 8.73. The zero-order valence-corrected chi connectivity index (χ0v) is 19.0. The molecule has 0 aliphatic carbocycles. The molecule has 3 heterocycles. The summed E-state index contributed by atoms with van der Waals surface area (Å²) in [5.41, 5.74) is 1.73. The predicted molar refractivity (Wildman–Crippen MR) is 125 cm³/mol. The van der Waals surface area contributed by atoms with Gasteiger partial charge in [-0.2, -0.15) is 0 Å². The first-order valence-electron chi connectivity index (χ1n) is 10.6. The van der Waals surface area contributed by atoms with Crippen LogP contribution in [0.2, 0.25) is 0 Å². The summed E-state index contributed by atoms with van der Waals surface area (Å²) in [6.07, 6.45) is 2.91. The molecule has 0 unspecified atom stereocenters. The molecule has 0 aliphatic heterocycles. The van der Waals surface area contributed by atoms with Crippen LogP contribution >= 0.6 is 11.3 Å². The standard InChI is InChI=1S/C24H24FN3O3S/c1-4-10-31-19-12-26-17(11-18(19)29)13-28-20(5-2)27-23-22(24(28)30)21(14(3)32-23)15-6-8-16(25)9-7-15/h6-9,11-12H,4-5,10,13H2,1-3H3,(H,26,29). The van der Waals surface area contributed by atoms with E-state index >= 15 is 0 Å². The van der Waals surface area contributed by atoms with Crippen molar-refractivity contribution < 1.29 is 9.13 Å². The number of halogens is 1. The molecule has 1 aromatic carbocycles. The van der Waals surface area contributed by atoms with Crippen LogP contribution in [0.3, 0.4) is 0 Å². The summed E-state index contributed by atoms with van der Waals surface area (Å²) in [4.78, 5) is 35.4. The molecule has 0 saturated carbocycles. The second kappa shape index (κ2) is 9.08. The lowest BCUT2D eigenvalue weighted by molar-refractivity contribution is 0.313. The molecular weight excluding hydrogens is 429 g/mol. The van der Waals surface area contributed by atoms with E-state index in [4.69, 9.17) is 9.72 Å². The molecule has 0 bridgehead atoms. The molecule has 4 rings (SSSR count). The Hall–Kier alpha value is -3.26. The third-order valence-electron chi connectivity index (χ3n) is 5.24. The Labute approximate surface area is 188 Å². The molecule has 4 aromatic rings. The third-order valence-corrected chi connectivity index (χ3v) is 6.24. The molecular formula is C24H24FN3O3S. The van der Waals surface area contributed by atoms with E-state index in [0.717, 1.165) is 22.4 Å². The molecule has 3 aromatic heterocycles. The second-order valence-electron chi connectivity index (χ2n) is 7.53. The zero-order chi connectivity index (χ0) is 22.8. The minimum absolute atomic E-state index is 0.178. The van der Waals surface area contributed by atoms with Crippen LogP contribution in [0, 0.1) is 12.7 Å². The van der Waals surface area contributed by atoms with Crippen molar-refractivity contribution in [1.29, 1.82) is 0 Å². The fourth-order valence-corrected chi connectivity index (χ4v) is 4.78. The fraction of sp³-hybridized carbons (Fsp3) is 0.292. The fourth-order valence-electron chi connectivity index (χ4n) is 3.72. The molecule has 0 radical (unpaired) electrons. The van der Waals surface area contributed by atoms with Crippen molar-refractivity contribution in [2.45, 2.75) is 40.2 Å². The van der Waals surface area contributed by atoms with Gasteiger partial charge in [0, 0.05) is 34.8 Å². The number of hydrogen-bond acceptors (Lipinski definition) is 5. The first kappa shape index (κ1) is 22.0. The van der Waals surface area contributed by atoms with Crippen LogP contribution in [0.25, 0.3) is 21.3 Å². The van der Waals surface area contributed by atoms with Gasteiger partial charge in [-0.25, -0.2) is 9.37 Å². The lowest BCUT2D eigenvalue weighted by Crippen LogP contribution is -2.26. The molecule has 0 aliphatic rings. The van der Waals surface area contributed by atoms with Gasteiger partial charge in [0.2, 0.25) is 5.43 Å². The summed E-state index contributed by atoms with van der Waals surface area (Å²) in [5.74, 6) is 0.575. The maximum absolute atomic E-state index is 13.6. The van der Waals surface area contributed by atoms with E-state index in [1.165, 1.54) is 35.7 Å². The number of nitrogens with one attached hydrogen (secondary N) is 1. The van der Waals surface area contributed by atoms with Crippen molar-refractivity contribution in [3.63, 3.8) is 0 Å². The minimum Gasteiger partial charge on any atom is -0.488 e. The lowest BCUT2D eigenvalue weighted by Gasteiger charge is -2.12. The van der Waals surface area contributed by atoms with Crippen LogP contribution in [0.5, 0.6) is 5.75 Å². The number of aromatic nitrogens is 3. The normalized spacial score (nSPS) is 11.2. The van der Waals surface area contributed by atoms with Gasteiger partial charge < -0.3 is 9.72 Å². The van der Waals surface area contributed by atoms with Gasteiger partial charge in [-0.3, -0.25) is 14.2 Å². The molecule has 0 fully saturated rings. The summed E-state index contributed by atoms with van der Waals surface area (Å²) in [5, 5.41) is 0.515. The van der Waals surface area contributed by atoms with E-state index in [1.807, 2.05) is 20.8 Å². The Morgan fingerprint density at radius 3 is 2.59 bits per heavy atom. The van der Waals surface area contributed by atoms with Crippen molar-refractivity contribution in [2.24, 2.45) is 0 Å². The number of pyridine rings is 1. The molecule has 8 heteroatoms. The van der Waals surface area contributed by atoms with Crippen LogP contribution in [-0.2, 0) is 13.0 Å². The van der Waals surface area contributed by atoms with Gasteiger partial charge in [0.25, 0.3) is 5.56 Å². The number of benzene rings is 1. The summed E-state index contributed by atoms with van der Waals surface area (Å²) in [7, 11) is 0. The quantitative estimate of drug-likeness (QED) is 0.442. The van der Waals surface area contributed by atoms with Crippen molar-refractivity contribution in [2.75, 3.05) is 6.61 Å². The highest BCUT2D eigenvalue weighted by Crippen LogP contribution is 2.35. The van der Waals surface area contributed by atoms with E-state index in [9.17, 15) is 14.0 Å². The van der Waals surface area contributed by atoms with E-state index < -0.39 is 0 Å². The van der Waals surface area contributed by atoms with Gasteiger partial charge in [-0.1, -0.05) is 26.0 Å². The molecule has 32 heavy (non-hydrogen) atoms. The molecule has 166 valence electrons. The van der Waals surface area contributed by atoms with E-state index in [-0.39, 0.29) is 29.1 Å². The summed E-state index contributed by atoms with van der Waals surface area (Å²) < 4.78 is 20.5. The number of nitrogens with zero attached hydrogens (tertiary/aromatic N) is 2. The number of ether oxygens (including phenoxy) is 1. The predicted octanol–water partition coefficient (Wildman–Crippen LogP) is 4.66. The monoisotopic (exact) mass is 453 g/mol. The first-order chi connectivity index (χ1) is 15.4. The Kier molecular flexibility index (Phi) is 6.23. The average molecular weight is 454 g/mol. The smallest absolute Gasteiger partial charge is 0.263 e. The molecule has 6 nitrogen and oxygen atoms in total. The van der Waals surface area contributed by atoms with Gasteiger partial charge in [0.1, 0.15) is 16.5 Å². The van der Waals surface area contributed by atoms with Crippen LogP contribution in [0.1, 0.15) is 36.7 Å². The topological polar surface area (TPSA) is 77.0 Å². The van der Waals surface area contributed by atoms with Crippen molar-refractivity contribution in [3.05, 3.63) is 79.3 Å². The average Bonchev–Trinajstić information content (AvgIpc) is 3.11. The Bertz CT molecular complexity index is 1390. The highest BCUT2D eigenvalue weighted by atomic mass is 32.1.